The smallest absolute Gasteiger partial charge is 0.311 e. The molecule has 0 saturated carbocycles. The largest absolute Gasteiger partial charge is 0.481 e. The normalized spacial score (nSPS) is 9.67. The number of hydrogen-bond donors (Lipinski definition) is 1. The molecule has 0 aliphatic rings. The first kappa shape index (κ1) is 11.2. The third kappa shape index (κ3) is 3.05. The van der Waals surface area contributed by atoms with Crippen molar-refractivity contribution in [3.63, 3.8) is 0 Å². The minimum atomic E-state index is -1.16. The Bertz CT molecular complexity index is 375. The second-order valence-electron chi connectivity index (χ2n) is 2.78. The molecule has 5 nitrogen and oxygen atoms in total. The molecular formula is C10H11NO4. The zero-order chi connectivity index (χ0) is 11.3. The predicted octanol–water partition coefficient (Wildman–Crippen LogP) is 1.14. The van der Waals surface area contributed by atoms with Gasteiger partial charge in [-0.15, -0.1) is 0 Å². The van der Waals surface area contributed by atoms with Crippen LogP contribution in [0, 0.1) is 0 Å². The van der Waals surface area contributed by atoms with Crippen molar-refractivity contribution in [1.29, 1.82) is 0 Å². The molecule has 1 N–H and O–H groups in total. The van der Waals surface area contributed by atoms with Gasteiger partial charge < -0.3 is 9.84 Å². The van der Waals surface area contributed by atoms with Gasteiger partial charge in [-0.05, 0) is 19.1 Å². The summed E-state index contributed by atoms with van der Waals surface area (Å²) in [4.78, 5) is 25.7. The molecule has 0 unspecified atom stereocenters. The van der Waals surface area contributed by atoms with Gasteiger partial charge in [0.2, 0.25) is 5.88 Å². The van der Waals surface area contributed by atoms with E-state index in [4.69, 9.17) is 9.84 Å². The Balaban J connectivity index is 2.91. The van der Waals surface area contributed by atoms with Crippen molar-refractivity contribution in [2.75, 3.05) is 6.61 Å². The number of carboxylic acid groups (broad SMARTS) is 1. The van der Waals surface area contributed by atoms with E-state index in [1.54, 1.807) is 13.0 Å². The van der Waals surface area contributed by atoms with Crippen molar-refractivity contribution in [3.05, 3.63) is 23.9 Å². The Hall–Kier alpha value is -1.91. The van der Waals surface area contributed by atoms with Gasteiger partial charge in [0.1, 0.15) is 6.42 Å². The fourth-order valence-electron chi connectivity index (χ4n) is 1.09. The highest BCUT2D eigenvalue weighted by Crippen LogP contribution is 2.16. The van der Waals surface area contributed by atoms with E-state index in [0.29, 0.717) is 6.61 Å². The summed E-state index contributed by atoms with van der Waals surface area (Å²) in [6.07, 6.45) is 0.939. The van der Waals surface area contributed by atoms with E-state index in [9.17, 15) is 9.59 Å². The number of carbonyl (C=O) groups is 2. The van der Waals surface area contributed by atoms with E-state index >= 15 is 0 Å². The lowest BCUT2D eigenvalue weighted by Gasteiger charge is -2.06. The van der Waals surface area contributed by atoms with Gasteiger partial charge in [0.25, 0.3) is 0 Å². The number of pyridine rings is 1. The molecular weight excluding hydrogens is 198 g/mol. The molecule has 0 radical (unpaired) electrons. The van der Waals surface area contributed by atoms with Crippen LogP contribution >= 0.6 is 0 Å². The van der Waals surface area contributed by atoms with Crippen LogP contribution in [0.25, 0.3) is 0 Å². The summed E-state index contributed by atoms with van der Waals surface area (Å²) in [5.74, 6) is -1.48. The van der Waals surface area contributed by atoms with E-state index in [1.807, 2.05) is 0 Å². The molecule has 1 heterocycles. The van der Waals surface area contributed by atoms with Crippen LogP contribution in [0.15, 0.2) is 18.3 Å². The number of hydrogen-bond acceptors (Lipinski definition) is 4. The van der Waals surface area contributed by atoms with Gasteiger partial charge >= 0.3 is 5.97 Å². The molecule has 15 heavy (non-hydrogen) atoms. The summed E-state index contributed by atoms with van der Waals surface area (Å²) >= 11 is 0. The van der Waals surface area contributed by atoms with Crippen LogP contribution in [0.3, 0.4) is 0 Å². The molecule has 0 saturated heterocycles. The summed E-state index contributed by atoms with van der Waals surface area (Å²) in [6.45, 7) is 2.14. The second kappa shape index (κ2) is 5.09. The zero-order valence-electron chi connectivity index (χ0n) is 8.27. The first-order valence-electron chi connectivity index (χ1n) is 4.48. The van der Waals surface area contributed by atoms with Crippen molar-refractivity contribution >= 4 is 11.8 Å². The van der Waals surface area contributed by atoms with Gasteiger partial charge in [-0.1, -0.05) is 0 Å². The lowest BCUT2D eigenvalue weighted by molar-refractivity contribution is -0.135. The molecule has 0 aliphatic carbocycles. The lowest BCUT2D eigenvalue weighted by Crippen LogP contribution is -2.10. The first-order valence-corrected chi connectivity index (χ1v) is 4.48. The molecule has 0 bridgehead atoms. The van der Waals surface area contributed by atoms with Crippen molar-refractivity contribution < 1.29 is 19.4 Å². The van der Waals surface area contributed by atoms with E-state index in [1.165, 1.54) is 12.3 Å². The van der Waals surface area contributed by atoms with Gasteiger partial charge in [-0.3, -0.25) is 9.59 Å². The third-order valence-electron chi connectivity index (χ3n) is 1.66. The summed E-state index contributed by atoms with van der Waals surface area (Å²) < 4.78 is 5.11. The van der Waals surface area contributed by atoms with E-state index < -0.39 is 18.2 Å². The van der Waals surface area contributed by atoms with Crippen molar-refractivity contribution in [1.82, 2.24) is 4.98 Å². The fourth-order valence-corrected chi connectivity index (χ4v) is 1.09. The Morgan fingerprint density at radius 2 is 2.27 bits per heavy atom. The molecule has 5 heteroatoms. The third-order valence-corrected chi connectivity index (χ3v) is 1.66. The quantitative estimate of drug-likeness (QED) is 0.581. The number of Topliss-reactive ketones (excluding diaryl/α,β-unsaturated/α-hetero) is 1. The average Bonchev–Trinajstić information content (AvgIpc) is 2.18. The highest BCUT2D eigenvalue weighted by atomic mass is 16.5. The van der Waals surface area contributed by atoms with Gasteiger partial charge in [0, 0.05) is 6.20 Å². The molecule has 0 fully saturated rings. The van der Waals surface area contributed by atoms with Crippen LogP contribution in [0.1, 0.15) is 23.7 Å². The van der Waals surface area contributed by atoms with Gasteiger partial charge in [0.15, 0.2) is 5.78 Å². The van der Waals surface area contributed by atoms with Crippen LogP contribution < -0.4 is 4.74 Å². The number of ketones is 1. The van der Waals surface area contributed by atoms with Crippen LogP contribution in [-0.2, 0) is 4.79 Å². The standard InChI is InChI=1S/C10H11NO4/c1-2-15-10-7(4-3-5-11-10)8(12)6-9(13)14/h3-5H,2,6H2,1H3,(H,13,14). The maximum absolute atomic E-state index is 11.4. The molecule has 1 aromatic rings. The molecule has 0 spiro atoms. The van der Waals surface area contributed by atoms with Crippen LogP contribution in [-0.4, -0.2) is 28.4 Å². The molecule has 80 valence electrons. The Kier molecular flexibility index (Phi) is 3.79. The molecule has 1 aromatic heterocycles. The maximum atomic E-state index is 11.4. The molecule has 0 amide bonds. The first-order chi connectivity index (χ1) is 7.15. The number of carbonyl (C=O) groups excluding carboxylic acids is 1. The number of ether oxygens (including phenoxy) is 1. The monoisotopic (exact) mass is 209 g/mol. The average molecular weight is 209 g/mol. The van der Waals surface area contributed by atoms with E-state index in [-0.39, 0.29) is 11.4 Å². The Morgan fingerprint density at radius 1 is 1.53 bits per heavy atom. The number of nitrogens with zero attached hydrogens (tertiary/aromatic N) is 1. The van der Waals surface area contributed by atoms with Gasteiger partial charge in [0.05, 0.1) is 12.2 Å². The van der Waals surface area contributed by atoms with E-state index in [2.05, 4.69) is 4.98 Å². The Morgan fingerprint density at radius 3 is 2.87 bits per heavy atom. The Labute approximate surface area is 86.7 Å². The van der Waals surface area contributed by atoms with Crippen LogP contribution in [0.5, 0.6) is 5.88 Å². The molecule has 0 atom stereocenters. The number of carboxylic acids is 1. The maximum Gasteiger partial charge on any atom is 0.311 e. The van der Waals surface area contributed by atoms with Gasteiger partial charge in [-0.25, -0.2) is 4.98 Å². The van der Waals surface area contributed by atoms with Crippen molar-refractivity contribution in [3.8, 4) is 5.88 Å². The van der Waals surface area contributed by atoms with Crippen molar-refractivity contribution in [2.24, 2.45) is 0 Å². The number of aromatic nitrogens is 1. The van der Waals surface area contributed by atoms with Crippen LogP contribution in [0.2, 0.25) is 0 Å². The molecule has 1 rings (SSSR count). The predicted molar refractivity (Wildman–Crippen MR) is 52.0 cm³/mol. The van der Waals surface area contributed by atoms with Gasteiger partial charge in [-0.2, -0.15) is 0 Å². The van der Waals surface area contributed by atoms with E-state index in [0.717, 1.165) is 0 Å². The number of aliphatic carboxylic acids is 1. The molecule has 0 aliphatic heterocycles. The summed E-state index contributed by atoms with van der Waals surface area (Å²) in [5.41, 5.74) is 0.210. The lowest BCUT2D eigenvalue weighted by atomic mass is 10.1. The van der Waals surface area contributed by atoms with Crippen LogP contribution in [0.4, 0.5) is 0 Å². The summed E-state index contributed by atoms with van der Waals surface area (Å²) in [6, 6.07) is 3.07. The SMILES string of the molecule is CCOc1ncccc1C(=O)CC(=O)O. The highest BCUT2D eigenvalue weighted by Gasteiger charge is 2.15. The number of rotatable bonds is 5. The fraction of sp³-hybridized carbons (Fsp3) is 0.300. The topological polar surface area (TPSA) is 76.5 Å². The molecule has 0 aromatic carbocycles. The zero-order valence-corrected chi connectivity index (χ0v) is 8.27. The van der Waals surface area contributed by atoms with Crippen molar-refractivity contribution in [2.45, 2.75) is 13.3 Å². The summed E-state index contributed by atoms with van der Waals surface area (Å²) in [7, 11) is 0. The second-order valence-corrected chi connectivity index (χ2v) is 2.78. The highest BCUT2D eigenvalue weighted by molar-refractivity contribution is 6.06. The minimum Gasteiger partial charge on any atom is -0.481 e. The minimum absolute atomic E-state index is 0.186. The summed E-state index contributed by atoms with van der Waals surface area (Å²) in [5, 5.41) is 8.48.